The summed E-state index contributed by atoms with van der Waals surface area (Å²) in [4.78, 5) is 1.49. The van der Waals surface area contributed by atoms with Gasteiger partial charge < -0.3 is 4.74 Å². The highest BCUT2D eigenvalue weighted by Gasteiger charge is 2.33. The quantitative estimate of drug-likeness (QED) is 0.270. The molecule has 7 heteroatoms. The number of nitrogens with zero attached hydrogens (tertiary/aromatic N) is 1. The highest BCUT2D eigenvalue weighted by Crippen LogP contribution is 2.36. The van der Waals surface area contributed by atoms with Gasteiger partial charge in [0.2, 0.25) is 5.82 Å². The number of methoxy groups -OCH3 is 1. The zero-order valence-corrected chi connectivity index (χ0v) is 14.6. The van der Waals surface area contributed by atoms with Crippen LogP contribution in [0.4, 0.5) is 22.0 Å². The summed E-state index contributed by atoms with van der Waals surface area (Å²) >= 11 is 0. The van der Waals surface area contributed by atoms with Crippen molar-refractivity contribution in [1.82, 2.24) is 4.90 Å². The van der Waals surface area contributed by atoms with Gasteiger partial charge in [-0.1, -0.05) is 24.3 Å². The minimum Gasteiger partial charge on any atom is -0.497 e. The first-order valence-electron chi connectivity index (χ1n) is 7.98. The van der Waals surface area contributed by atoms with E-state index in [1.54, 1.807) is 0 Å². The molecule has 0 N–H and O–H groups in total. The summed E-state index contributed by atoms with van der Waals surface area (Å²) in [5, 5.41) is 0. The van der Waals surface area contributed by atoms with Crippen LogP contribution in [0.1, 0.15) is 17.2 Å². The van der Waals surface area contributed by atoms with Crippen LogP contribution in [0.2, 0.25) is 0 Å². The third kappa shape index (κ3) is 4.03. The molecule has 0 saturated heterocycles. The zero-order chi connectivity index (χ0) is 20.1. The van der Waals surface area contributed by atoms with E-state index in [4.69, 9.17) is 4.74 Å². The molecule has 2 aromatic rings. The van der Waals surface area contributed by atoms with Crippen LogP contribution in [0.15, 0.2) is 49.6 Å². The van der Waals surface area contributed by atoms with Gasteiger partial charge in [0, 0.05) is 13.1 Å². The molecule has 0 aliphatic heterocycles. The van der Waals surface area contributed by atoms with E-state index in [0.29, 0.717) is 11.3 Å². The van der Waals surface area contributed by atoms with E-state index in [2.05, 4.69) is 13.2 Å². The van der Waals surface area contributed by atoms with Crippen LogP contribution in [-0.4, -0.2) is 25.1 Å². The van der Waals surface area contributed by atoms with Crippen molar-refractivity contribution in [3.05, 3.63) is 89.8 Å². The molecule has 0 spiro atoms. The van der Waals surface area contributed by atoms with Gasteiger partial charge in [-0.3, -0.25) is 4.90 Å². The third-order valence-electron chi connectivity index (χ3n) is 4.04. The minimum atomic E-state index is -2.19. The Hall–Kier alpha value is -2.67. The monoisotopic (exact) mass is 383 g/mol. The molecule has 0 radical (unpaired) electrons. The second-order valence-electron chi connectivity index (χ2n) is 5.69. The van der Waals surface area contributed by atoms with Gasteiger partial charge in [0.15, 0.2) is 23.3 Å². The molecule has 2 aromatic carbocycles. The molecule has 0 fully saturated rings. The van der Waals surface area contributed by atoms with Crippen molar-refractivity contribution in [2.45, 2.75) is 6.04 Å². The molecule has 0 heterocycles. The number of rotatable bonds is 8. The molecule has 1 atom stereocenters. The molecule has 0 aromatic heterocycles. The summed E-state index contributed by atoms with van der Waals surface area (Å²) in [7, 11) is 1.44. The average molecular weight is 383 g/mol. The maximum absolute atomic E-state index is 14.5. The summed E-state index contributed by atoms with van der Waals surface area (Å²) in [5.74, 6) is -9.43. The SMILES string of the molecule is C=CCN(CC=C)C(c1ccc(OC)cc1)c1c(F)c(F)c(F)c(F)c1F. The highest BCUT2D eigenvalue weighted by atomic mass is 19.2. The van der Waals surface area contributed by atoms with Crippen LogP contribution in [0.25, 0.3) is 0 Å². The largest absolute Gasteiger partial charge is 0.497 e. The van der Waals surface area contributed by atoms with Gasteiger partial charge in [-0.05, 0) is 17.7 Å². The second-order valence-corrected chi connectivity index (χ2v) is 5.69. The van der Waals surface area contributed by atoms with E-state index in [1.807, 2.05) is 0 Å². The fourth-order valence-electron chi connectivity index (χ4n) is 2.83. The van der Waals surface area contributed by atoms with Crippen LogP contribution >= 0.6 is 0 Å². The fourth-order valence-corrected chi connectivity index (χ4v) is 2.83. The Morgan fingerprint density at radius 1 is 0.852 bits per heavy atom. The van der Waals surface area contributed by atoms with Crippen LogP contribution in [0, 0.1) is 29.1 Å². The number of benzene rings is 2. The predicted molar refractivity (Wildman–Crippen MR) is 93.0 cm³/mol. The lowest BCUT2D eigenvalue weighted by Gasteiger charge is -2.31. The van der Waals surface area contributed by atoms with Gasteiger partial charge in [-0.15, -0.1) is 13.2 Å². The molecular weight excluding hydrogens is 365 g/mol. The Labute approximate surface area is 154 Å². The number of hydrogen-bond acceptors (Lipinski definition) is 2. The molecule has 1 unspecified atom stereocenters. The first-order chi connectivity index (χ1) is 12.9. The Morgan fingerprint density at radius 3 is 1.70 bits per heavy atom. The molecule has 2 rings (SSSR count). The van der Waals surface area contributed by atoms with Gasteiger partial charge in [-0.25, -0.2) is 22.0 Å². The molecule has 144 valence electrons. The molecule has 2 nitrogen and oxygen atoms in total. The van der Waals surface area contributed by atoms with E-state index < -0.39 is 40.7 Å². The molecule has 0 saturated carbocycles. The van der Waals surface area contributed by atoms with Crippen LogP contribution in [-0.2, 0) is 0 Å². The summed E-state index contributed by atoms with van der Waals surface area (Å²) in [6.07, 6.45) is 2.93. The van der Waals surface area contributed by atoms with Crippen molar-refractivity contribution < 1.29 is 26.7 Å². The van der Waals surface area contributed by atoms with Gasteiger partial charge in [0.25, 0.3) is 0 Å². The predicted octanol–water partition coefficient (Wildman–Crippen LogP) is 5.15. The van der Waals surface area contributed by atoms with Crippen molar-refractivity contribution >= 4 is 0 Å². The Morgan fingerprint density at radius 2 is 1.30 bits per heavy atom. The third-order valence-corrected chi connectivity index (χ3v) is 4.04. The standard InChI is InChI=1S/C20H18F5NO/c1-4-10-26(11-5-2)20(12-6-8-13(27-3)9-7-12)14-15(21)17(23)19(25)18(24)16(14)22/h4-9,20H,1-2,10-11H2,3H3. The van der Waals surface area contributed by atoms with E-state index in [-0.39, 0.29) is 13.1 Å². The lowest BCUT2D eigenvalue weighted by Crippen LogP contribution is -2.32. The van der Waals surface area contributed by atoms with Gasteiger partial charge >= 0.3 is 0 Å². The lowest BCUT2D eigenvalue weighted by atomic mass is 9.95. The Kier molecular flexibility index (Phi) is 6.74. The summed E-state index contributed by atoms with van der Waals surface area (Å²) in [6, 6.07) is 4.82. The first-order valence-corrected chi connectivity index (χ1v) is 7.98. The van der Waals surface area contributed by atoms with Crippen molar-refractivity contribution in [1.29, 1.82) is 0 Å². The first kappa shape index (κ1) is 20.6. The van der Waals surface area contributed by atoms with Gasteiger partial charge in [-0.2, -0.15) is 0 Å². The van der Waals surface area contributed by atoms with Crippen molar-refractivity contribution in [2.24, 2.45) is 0 Å². The maximum Gasteiger partial charge on any atom is 0.200 e. The maximum atomic E-state index is 14.5. The number of halogens is 5. The van der Waals surface area contributed by atoms with Crippen LogP contribution in [0.3, 0.4) is 0 Å². The zero-order valence-electron chi connectivity index (χ0n) is 14.6. The smallest absolute Gasteiger partial charge is 0.200 e. The summed E-state index contributed by atoms with van der Waals surface area (Å²) < 4.78 is 75.1. The second kappa shape index (κ2) is 8.81. The molecular formula is C20H18F5NO. The summed E-state index contributed by atoms with van der Waals surface area (Å²) in [6.45, 7) is 7.42. The summed E-state index contributed by atoms with van der Waals surface area (Å²) in [5.41, 5.74) is -0.608. The fraction of sp³-hybridized carbons (Fsp3) is 0.200. The number of hydrogen-bond donors (Lipinski definition) is 0. The van der Waals surface area contributed by atoms with Gasteiger partial charge in [0.1, 0.15) is 5.75 Å². The molecule has 27 heavy (non-hydrogen) atoms. The average Bonchev–Trinajstić information content (AvgIpc) is 2.68. The van der Waals surface area contributed by atoms with Crippen LogP contribution < -0.4 is 4.74 Å². The van der Waals surface area contributed by atoms with E-state index in [0.717, 1.165) is 0 Å². The highest BCUT2D eigenvalue weighted by molar-refractivity contribution is 5.38. The van der Waals surface area contributed by atoms with Crippen LogP contribution in [0.5, 0.6) is 5.75 Å². The van der Waals surface area contributed by atoms with Gasteiger partial charge in [0.05, 0.1) is 18.7 Å². The van der Waals surface area contributed by atoms with E-state index in [1.165, 1.54) is 48.4 Å². The Bertz CT molecular complexity index is 796. The van der Waals surface area contributed by atoms with Crippen molar-refractivity contribution in [3.8, 4) is 5.75 Å². The topological polar surface area (TPSA) is 12.5 Å². The van der Waals surface area contributed by atoms with E-state index in [9.17, 15) is 22.0 Å². The minimum absolute atomic E-state index is 0.127. The number of ether oxygens (including phenoxy) is 1. The molecule has 0 bridgehead atoms. The normalized spacial score (nSPS) is 12.1. The molecule has 0 amide bonds. The van der Waals surface area contributed by atoms with Crippen molar-refractivity contribution in [3.63, 3.8) is 0 Å². The Balaban J connectivity index is 2.76. The molecule has 0 aliphatic rings. The van der Waals surface area contributed by atoms with Crippen molar-refractivity contribution in [2.75, 3.05) is 20.2 Å². The lowest BCUT2D eigenvalue weighted by molar-refractivity contribution is 0.256. The molecule has 0 aliphatic carbocycles. The van der Waals surface area contributed by atoms with E-state index >= 15 is 0 Å².